The molecule has 0 aliphatic heterocycles. The number of carbonyl (C=O) groups excluding carboxylic acids is 2. The standard InChI is InChI=1S/C25H21BrN2O3/c1-17-8-6-7-11-21(17)24(19-9-4-3-5-10-19)28-27-22(25(30)31-2)16-23(29)18-12-14-20(26)15-13-18/h3-16,27H,1-2H3/b22-16-,28-24+. The maximum Gasteiger partial charge on any atom is 0.356 e. The van der Waals surface area contributed by atoms with Gasteiger partial charge in [-0.05, 0) is 36.8 Å². The zero-order chi connectivity index (χ0) is 22.2. The maximum atomic E-state index is 12.6. The number of rotatable bonds is 7. The molecule has 0 aliphatic carbocycles. The molecule has 3 rings (SSSR count). The predicted molar refractivity (Wildman–Crippen MR) is 125 cm³/mol. The second-order valence-corrected chi connectivity index (χ2v) is 7.59. The fourth-order valence-electron chi connectivity index (χ4n) is 2.91. The second-order valence-electron chi connectivity index (χ2n) is 6.67. The summed E-state index contributed by atoms with van der Waals surface area (Å²) in [4.78, 5) is 24.9. The lowest BCUT2D eigenvalue weighted by Gasteiger charge is -2.12. The van der Waals surface area contributed by atoms with E-state index >= 15 is 0 Å². The van der Waals surface area contributed by atoms with Gasteiger partial charge < -0.3 is 4.74 Å². The van der Waals surface area contributed by atoms with Crippen molar-refractivity contribution < 1.29 is 14.3 Å². The number of nitrogens with one attached hydrogen (secondary N) is 1. The van der Waals surface area contributed by atoms with E-state index in [2.05, 4.69) is 26.5 Å². The molecule has 0 saturated heterocycles. The smallest absolute Gasteiger partial charge is 0.356 e. The molecule has 31 heavy (non-hydrogen) atoms. The molecule has 0 saturated carbocycles. The van der Waals surface area contributed by atoms with Crippen molar-refractivity contribution in [3.8, 4) is 0 Å². The Morgan fingerprint density at radius 2 is 1.55 bits per heavy atom. The van der Waals surface area contributed by atoms with Crippen LogP contribution in [0, 0.1) is 6.92 Å². The number of nitrogens with zero attached hydrogens (tertiary/aromatic N) is 1. The molecule has 1 N–H and O–H groups in total. The number of hydrogen-bond acceptors (Lipinski definition) is 5. The molecule has 0 atom stereocenters. The van der Waals surface area contributed by atoms with Gasteiger partial charge in [0.25, 0.3) is 0 Å². The van der Waals surface area contributed by atoms with Crippen LogP contribution in [0.5, 0.6) is 0 Å². The summed E-state index contributed by atoms with van der Waals surface area (Å²) in [5, 5.41) is 4.49. The number of methoxy groups -OCH3 is 1. The highest BCUT2D eigenvalue weighted by atomic mass is 79.9. The molecule has 0 aliphatic rings. The average Bonchev–Trinajstić information content (AvgIpc) is 2.80. The van der Waals surface area contributed by atoms with Crippen molar-refractivity contribution in [3.63, 3.8) is 0 Å². The van der Waals surface area contributed by atoms with Crippen LogP contribution < -0.4 is 5.43 Å². The van der Waals surface area contributed by atoms with Crippen LogP contribution in [0.1, 0.15) is 27.0 Å². The third-order valence-corrected chi connectivity index (χ3v) is 5.07. The first-order chi connectivity index (χ1) is 15.0. The van der Waals surface area contributed by atoms with Crippen molar-refractivity contribution in [2.75, 3.05) is 7.11 Å². The molecule has 3 aromatic carbocycles. The Bertz CT molecular complexity index is 1140. The minimum absolute atomic E-state index is 0.0579. The van der Waals surface area contributed by atoms with Gasteiger partial charge >= 0.3 is 5.97 Å². The lowest BCUT2D eigenvalue weighted by atomic mass is 9.98. The summed E-state index contributed by atoms with van der Waals surface area (Å²) in [6, 6.07) is 24.3. The van der Waals surface area contributed by atoms with Crippen molar-refractivity contribution in [3.05, 3.63) is 117 Å². The molecular formula is C25H21BrN2O3. The number of halogens is 1. The highest BCUT2D eigenvalue weighted by Crippen LogP contribution is 2.16. The number of esters is 1. The largest absolute Gasteiger partial charge is 0.464 e. The second kappa shape index (κ2) is 10.5. The van der Waals surface area contributed by atoms with E-state index in [0.717, 1.165) is 21.2 Å². The van der Waals surface area contributed by atoms with E-state index < -0.39 is 5.97 Å². The van der Waals surface area contributed by atoms with Crippen LogP contribution in [0.3, 0.4) is 0 Å². The topological polar surface area (TPSA) is 67.8 Å². The number of hydrogen-bond donors (Lipinski definition) is 1. The molecule has 0 heterocycles. The molecular weight excluding hydrogens is 456 g/mol. The van der Waals surface area contributed by atoms with Gasteiger partial charge in [0, 0.05) is 27.2 Å². The fraction of sp³-hybridized carbons (Fsp3) is 0.0800. The molecule has 0 unspecified atom stereocenters. The van der Waals surface area contributed by atoms with E-state index in [1.807, 2.05) is 61.5 Å². The third kappa shape index (κ3) is 5.77. The molecule has 0 aromatic heterocycles. The van der Waals surface area contributed by atoms with Crippen LogP contribution in [0.2, 0.25) is 0 Å². The zero-order valence-electron chi connectivity index (χ0n) is 17.1. The Morgan fingerprint density at radius 1 is 0.903 bits per heavy atom. The molecule has 0 amide bonds. The lowest BCUT2D eigenvalue weighted by molar-refractivity contribution is -0.136. The van der Waals surface area contributed by atoms with Crippen LogP contribution in [-0.4, -0.2) is 24.6 Å². The number of hydrazone groups is 1. The van der Waals surface area contributed by atoms with E-state index in [1.165, 1.54) is 13.2 Å². The third-order valence-electron chi connectivity index (χ3n) is 4.55. The minimum atomic E-state index is -0.689. The first-order valence-electron chi connectivity index (χ1n) is 9.54. The molecule has 0 radical (unpaired) electrons. The zero-order valence-corrected chi connectivity index (χ0v) is 18.7. The number of ether oxygens (including phenoxy) is 1. The van der Waals surface area contributed by atoms with Crippen molar-refractivity contribution >= 4 is 33.4 Å². The lowest BCUT2D eigenvalue weighted by Crippen LogP contribution is -2.21. The van der Waals surface area contributed by atoms with Gasteiger partial charge in [-0.2, -0.15) is 5.10 Å². The van der Waals surface area contributed by atoms with Gasteiger partial charge in [0.15, 0.2) is 5.78 Å². The summed E-state index contributed by atoms with van der Waals surface area (Å²) in [6.07, 6.45) is 1.19. The summed E-state index contributed by atoms with van der Waals surface area (Å²) in [6.45, 7) is 1.99. The normalized spacial score (nSPS) is 11.7. The quantitative estimate of drug-likeness (QED) is 0.170. The Hall–Kier alpha value is -3.51. The van der Waals surface area contributed by atoms with Crippen LogP contribution in [-0.2, 0) is 9.53 Å². The predicted octanol–water partition coefficient (Wildman–Crippen LogP) is 5.04. The highest BCUT2D eigenvalue weighted by Gasteiger charge is 2.15. The van der Waals surface area contributed by atoms with Gasteiger partial charge in [-0.1, -0.05) is 70.5 Å². The van der Waals surface area contributed by atoms with Crippen LogP contribution >= 0.6 is 15.9 Å². The van der Waals surface area contributed by atoms with Crippen LogP contribution in [0.4, 0.5) is 0 Å². The van der Waals surface area contributed by atoms with Gasteiger partial charge in [-0.15, -0.1) is 0 Å². The van der Waals surface area contributed by atoms with Gasteiger partial charge in [0.1, 0.15) is 5.70 Å². The summed E-state index contributed by atoms with van der Waals surface area (Å²) >= 11 is 3.34. The summed E-state index contributed by atoms with van der Waals surface area (Å²) < 4.78 is 5.69. The van der Waals surface area contributed by atoms with Crippen molar-refractivity contribution in [2.45, 2.75) is 6.92 Å². The monoisotopic (exact) mass is 476 g/mol. The Kier molecular flexibility index (Phi) is 7.51. The summed E-state index contributed by atoms with van der Waals surface area (Å²) in [5.74, 6) is -1.03. The molecule has 0 spiro atoms. The van der Waals surface area contributed by atoms with Gasteiger partial charge in [0.05, 0.1) is 12.8 Å². The molecule has 0 bridgehead atoms. The molecule has 3 aromatic rings. The van der Waals surface area contributed by atoms with Crippen LogP contribution in [0.15, 0.2) is 100 Å². The van der Waals surface area contributed by atoms with Gasteiger partial charge in [0.2, 0.25) is 0 Å². The number of aryl methyl sites for hydroxylation is 1. The Labute approximate surface area is 189 Å². The molecule has 5 nitrogen and oxygen atoms in total. The maximum absolute atomic E-state index is 12.6. The SMILES string of the molecule is COC(=O)/C(=C/C(=O)c1ccc(Br)cc1)N/N=C(\c1ccccc1)c1ccccc1C. The van der Waals surface area contributed by atoms with E-state index in [9.17, 15) is 9.59 Å². The Morgan fingerprint density at radius 3 is 2.19 bits per heavy atom. The van der Waals surface area contributed by atoms with Crippen LogP contribution in [0.25, 0.3) is 0 Å². The Balaban J connectivity index is 2.00. The van der Waals surface area contributed by atoms with Gasteiger partial charge in [-0.3, -0.25) is 10.2 Å². The number of carbonyl (C=O) groups is 2. The number of benzene rings is 3. The first-order valence-corrected chi connectivity index (χ1v) is 10.3. The summed E-state index contributed by atoms with van der Waals surface area (Å²) in [7, 11) is 1.26. The molecule has 0 fully saturated rings. The van der Waals surface area contributed by atoms with Crippen molar-refractivity contribution in [1.29, 1.82) is 0 Å². The number of allylic oxidation sites excluding steroid dienone is 1. The minimum Gasteiger partial charge on any atom is -0.464 e. The molecule has 6 heteroatoms. The molecule has 156 valence electrons. The van der Waals surface area contributed by atoms with Crippen molar-refractivity contribution in [2.24, 2.45) is 5.10 Å². The fourth-order valence-corrected chi connectivity index (χ4v) is 3.17. The van der Waals surface area contributed by atoms with E-state index in [1.54, 1.807) is 24.3 Å². The summed E-state index contributed by atoms with van der Waals surface area (Å²) in [5.41, 5.74) is 6.58. The first kappa shape index (κ1) is 22.2. The van der Waals surface area contributed by atoms with Gasteiger partial charge in [-0.25, -0.2) is 4.79 Å². The van der Waals surface area contributed by atoms with E-state index in [-0.39, 0.29) is 11.5 Å². The number of ketones is 1. The van der Waals surface area contributed by atoms with Crippen molar-refractivity contribution in [1.82, 2.24) is 5.43 Å². The highest BCUT2D eigenvalue weighted by molar-refractivity contribution is 9.10. The average molecular weight is 477 g/mol. The van der Waals surface area contributed by atoms with E-state index in [4.69, 9.17) is 4.74 Å². The van der Waals surface area contributed by atoms with E-state index in [0.29, 0.717) is 11.3 Å².